The highest BCUT2D eigenvalue weighted by Crippen LogP contribution is 2.27. The number of benzene rings is 1. The number of carbonyl (C=O) groups excluding carboxylic acids is 1. The van der Waals surface area contributed by atoms with Gasteiger partial charge in [-0.2, -0.15) is 12.8 Å². The second-order valence-electron chi connectivity index (χ2n) is 6.16. The lowest BCUT2D eigenvalue weighted by Gasteiger charge is -2.22. The fraction of sp³-hybridized carbons (Fsp3) is 0.222. The standard InChI is InChI=1S/C18H18BrN3O4S2/c19-16-6-7-17(27-16)28(25,26)21-8-13-9-22(10-15(13)20)18(24)14(11-23)12-4-2-1-3-5-12/h1-8,14,23H,9-11,20H2/t14-/m1/s1. The van der Waals surface area contributed by atoms with Crippen LogP contribution in [0.4, 0.5) is 0 Å². The largest absolute Gasteiger partial charge is 0.400 e. The zero-order valence-electron chi connectivity index (χ0n) is 14.7. The maximum Gasteiger partial charge on any atom is 0.291 e. The van der Waals surface area contributed by atoms with E-state index in [-0.39, 0.29) is 29.8 Å². The van der Waals surface area contributed by atoms with Crippen molar-refractivity contribution in [3.8, 4) is 0 Å². The van der Waals surface area contributed by atoms with Crippen molar-refractivity contribution in [2.24, 2.45) is 10.1 Å². The van der Waals surface area contributed by atoms with Gasteiger partial charge in [-0.05, 0) is 33.6 Å². The summed E-state index contributed by atoms with van der Waals surface area (Å²) in [6.45, 7) is -0.0282. The first-order valence-electron chi connectivity index (χ1n) is 8.29. The Hall–Kier alpha value is -2.01. The van der Waals surface area contributed by atoms with Gasteiger partial charge in [0, 0.05) is 24.0 Å². The number of hydrogen-bond acceptors (Lipinski definition) is 6. The van der Waals surface area contributed by atoms with Crippen LogP contribution in [0.3, 0.4) is 0 Å². The number of amides is 1. The van der Waals surface area contributed by atoms with Crippen molar-refractivity contribution in [2.45, 2.75) is 10.1 Å². The highest BCUT2D eigenvalue weighted by Gasteiger charge is 2.30. The molecule has 0 aliphatic carbocycles. The fourth-order valence-corrected chi connectivity index (χ4v) is 5.67. The van der Waals surface area contributed by atoms with Crippen LogP contribution in [0, 0.1) is 0 Å². The number of rotatable bonds is 6. The summed E-state index contributed by atoms with van der Waals surface area (Å²) in [5.41, 5.74) is 7.55. The second kappa shape index (κ2) is 8.56. The Labute approximate surface area is 175 Å². The molecule has 1 amide bonds. The van der Waals surface area contributed by atoms with E-state index in [0.717, 1.165) is 11.3 Å². The quantitative estimate of drug-likeness (QED) is 0.610. The molecule has 2 heterocycles. The highest BCUT2D eigenvalue weighted by molar-refractivity contribution is 9.11. The van der Waals surface area contributed by atoms with E-state index in [9.17, 15) is 18.3 Å². The average molecular weight is 484 g/mol. The molecule has 0 saturated heterocycles. The summed E-state index contributed by atoms with van der Waals surface area (Å²) in [6.07, 6.45) is 1.20. The summed E-state index contributed by atoms with van der Waals surface area (Å²) in [5, 5.41) is 9.68. The molecular formula is C18H18BrN3O4S2. The van der Waals surface area contributed by atoms with Crippen LogP contribution in [0.1, 0.15) is 11.5 Å². The molecule has 0 saturated carbocycles. The third-order valence-corrected chi connectivity index (χ3v) is 7.61. The molecule has 148 valence electrons. The Bertz CT molecular complexity index is 1030. The number of thiophene rings is 1. The lowest BCUT2D eigenvalue weighted by atomic mass is 9.98. The van der Waals surface area contributed by atoms with E-state index in [1.54, 1.807) is 30.3 Å². The van der Waals surface area contributed by atoms with Gasteiger partial charge in [0.25, 0.3) is 10.0 Å². The van der Waals surface area contributed by atoms with E-state index in [1.807, 2.05) is 6.07 Å². The monoisotopic (exact) mass is 483 g/mol. The Morgan fingerprint density at radius 2 is 2.00 bits per heavy atom. The van der Waals surface area contributed by atoms with Gasteiger partial charge in [-0.3, -0.25) is 4.79 Å². The fourth-order valence-electron chi connectivity index (χ4n) is 2.80. The Morgan fingerprint density at radius 1 is 1.29 bits per heavy atom. The second-order valence-corrected chi connectivity index (χ2v) is 10.5. The van der Waals surface area contributed by atoms with E-state index in [2.05, 4.69) is 20.3 Å². The maximum absolute atomic E-state index is 12.8. The summed E-state index contributed by atoms with van der Waals surface area (Å²) in [7, 11) is -3.83. The summed E-state index contributed by atoms with van der Waals surface area (Å²) in [5.74, 6) is -0.970. The summed E-state index contributed by atoms with van der Waals surface area (Å²) < 4.78 is 29.1. The normalized spacial score (nSPS) is 16.1. The van der Waals surface area contributed by atoms with Crippen LogP contribution in [-0.2, 0) is 14.8 Å². The first kappa shape index (κ1) is 20.7. The minimum Gasteiger partial charge on any atom is -0.400 e. The molecule has 0 bridgehead atoms. The SMILES string of the molecule is NC1=C(C=NS(=O)(=O)c2ccc(Br)s2)CN(C(=O)[C@H](CO)c2ccccc2)C1. The zero-order valence-corrected chi connectivity index (χ0v) is 17.9. The predicted molar refractivity (Wildman–Crippen MR) is 112 cm³/mol. The van der Waals surface area contributed by atoms with Gasteiger partial charge in [0.1, 0.15) is 4.21 Å². The molecule has 1 aliphatic rings. The molecule has 28 heavy (non-hydrogen) atoms. The zero-order chi connectivity index (χ0) is 20.3. The van der Waals surface area contributed by atoms with Gasteiger partial charge in [-0.25, -0.2) is 0 Å². The number of halogens is 1. The third kappa shape index (κ3) is 4.52. The van der Waals surface area contributed by atoms with E-state index < -0.39 is 15.9 Å². The van der Waals surface area contributed by atoms with Gasteiger partial charge in [-0.1, -0.05) is 30.3 Å². The number of nitrogens with two attached hydrogens (primary N) is 1. The first-order chi connectivity index (χ1) is 13.3. The van der Waals surface area contributed by atoms with Crippen LogP contribution in [0.5, 0.6) is 0 Å². The molecule has 0 fully saturated rings. The summed E-state index contributed by atoms with van der Waals surface area (Å²) >= 11 is 4.29. The number of aliphatic hydroxyl groups excluding tert-OH is 1. The summed E-state index contributed by atoms with van der Waals surface area (Å²) in [4.78, 5) is 14.3. The van der Waals surface area contributed by atoms with Crippen LogP contribution in [0.2, 0.25) is 0 Å². The van der Waals surface area contributed by atoms with Crippen molar-refractivity contribution < 1.29 is 18.3 Å². The van der Waals surface area contributed by atoms with E-state index in [0.29, 0.717) is 20.6 Å². The van der Waals surface area contributed by atoms with Crippen molar-refractivity contribution in [1.82, 2.24) is 4.90 Å². The van der Waals surface area contributed by atoms with Crippen molar-refractivity contribution in [3.63, 3.8) is 0 Å². The van der Waals surface area contributed by atoms with E-state index in [4.69, 9.17) is 5.73 Å². The summed E-state index contributed by atoms with van der Waals surface area (Å²) in [6, 6.07) is 12.1. The van der Waals surface area contributed by atoms with Crippen LogP contribution in [-0.4, -0.2) is 50.2 Å². The number of aliphatic hydroxyl groups is 1. The number of sulfonamides is 1. The Morgan fingerprint density at radius 3 is 2.61 bits per heavy atom. The van der Waals surface area contributed by atoms with Gasteiger partial charge in [0.2, 0.25) is 5.91 Å². The Balaban J connectivity index is 1.73. The topological polar surface area (TPSA) is 113 Å². The molecule has 1 aromatic heterocycles. The van der Waals surface area contributed by atoms with Crippen molar-refractivity contribution >= 4 is 49.4 Å². The number of nitrogens with zero attached hydrogens (tertiary/aromatic N) is 2. The van der Waals surface area contributed by atoms with E-state index >= 15 is 0 Å². The predicted octanol–water partition coefficient (Wildman–Crippen LogP) is 2.10. The molecule has 1 aromatic carbocycles. The van der Waals surface area contributed by atoms with Gasteiger partial charge >= 0.3 is 0 Å². The van der Waals surface area contributed by atoms with Gasteiger partial charge in [-0.15, -0.1) is 11.3 Å². The molecule has 0 radical (unpaired) electrons. The average Bonchev–Trinajstić information content (AvgIpc) is 3.28. The lowest BCUT2D eigenvalue weighted by molar-refractivity contribution is -0.132. The minimum absolute atomic E-state index is 0.116. The smallest absolute Gasteiger partial charge is 0.291 e. The third-order valence-electron chi connectivity index (χ3n) is 4.28. The molecule has 0 spiro atoms. The molecule has 3 rings (SSSR count). The minimum atomic E-state index is -3.83. The highest BCUT2D eigenvalue weighted by atomic mass is 79.9. The van der Waals surface area contributed by atoms with Crippen molar-refractivity contribution in [1.29, 1.82) is 0 Å². The maximum atomic E-state index is 12.8. The van der Waals surface area contributed by atoms with Crippen LogP contribution >= 0.6 is 27.3 Å². The van der Waals surface area contributed by atoms with Crippen LogP contribution in [0.25, 0.3) is 0 Å². The van der Waals surface area contributed by atoms with Gasteiger partial charge < -0.3 is 15.7 Å². The van der Waals surface area contributed by atoms with Gasteiger partial charge in [0.15, 0.2) is 0 Å². The molecule has 7 nitrogen and oxygen atoms in total. The molecule has 0 unspecified atom stereocenters. The number of carbonyl (C=O) groups is 1. The number of hydrogen-bond donors (Lipinski definition) is 2. The van der Waals surface area contributed by atoms with Crippen LogP contribution < -0.4 is 5.73 Å². The molecular weight excluding hydrogens is 466 g/mol. The molecule has 2 aromatic rings. The van der Waals surface area contributed by atoms with Gasteiger partial charge in [0.05, 0.1) is 22.9 Å². The van der Waals surface area contributed by atoms with Crippen LogP contribution in [0.15, 0.2) is 66.1 Å². The first-order valence-corrected chi connectivity index (χ1v) is 11.3. The molecule has 1 aliphatic heterocycles. The van der Waals surface area contributed by atoms with Crippen molar-refractivity contribution in [3.05, 3.63) is 63.1 Å². The van der Waals surface area contributed by atoms with Crippen molar-refractivity contribution in [2.75, 3.05) is 19.7 Å². The molecule has 3 N–H and O–H groups in total. The lowest BCUT2D eigenvalue weighted by Crippen LogP contribution is -2.36. The molecule has 10 heteroatoms. The Kier molecular flexibility index (Phi) is 6.33. The molecule has 1 atom stereocenters. The van der Waals surface area contributed by atoms with E-state index in [1.165, 1.54) is 17.2 Å².